The van der Waals surface area contributed by atoms with Crippen LogP contribution in [-0.4, -0.2) is 48.1 Å². The van der Waals surface area contributed by atoms with E-state index in [0.717, 1.165) is 50.2 Å². The number of hydrogen-bond donors (Lipinski definition) is 1. The summed E-state index contributed by atoms with van der Waals surface area (Å²) >= 11 is 0. The molecule has 2 rings (SSSR count). The number of piperazine rings is 1. The minimum atomic E-state index is 0.326. The van der Waals surface area contributed by atoms with Gasteiger partial charge < -0.3 is 9.80 Å². The largest absolute Gasteiger partial charge is 0.374 e. The van der Waals surface area contributed by atoms with Crippen LogP contribution in [0.2, 0.25) is 0 Å². The maximum absolute atomic E-state index is 12.0. The number of rotatable bonds is 7. The smallest absolute Gasteiger partial charge is 0.225 e. The maximum Gasteiger partial charge on any atom is 0.225 e. The Kier molecular flexibility index (Phi) is 6.85. The van der Waals surface area contributed by atoms with E-state index in [1.54, 1.807) is 12.3 Å². The van der Waals surface area contributed by atoms with E-state index in [9.17, 15) is 4.79 Å². The van der Waals surface area contributed by atoms with Gasteiger partial charge in [0.15, 0.2) is 0 Å². The summed E-state index contributed by atoms with van der Waals surface area (Å²) < 4.78 is 0. The van der Waals surface area contributed by atoms with E-state index in [2.05, 4.69) is 22.0 Å². The van der Waals surface area contributed by atoms with E-state index in [-0.39, 0.29) is 0 Å². The quantitative estimate of drug-likeness (QED) is 0.444. The van der Waals surface area contributed by atoms with Gasteiger partial charge in [-0.1, -0.05) is 18.7 Å². The molecule has 1 saturated carbocycles. The molecule has 1 aliphatic carbocycles. The lowest BCUT2D eigenvalue weighted by molar-refractivity contribution is -0.133. The Labute approximate surface area is 145 Å². The van der Waals surface area contributed by atoms with Crippen molar-refractivity contribution in [2.45, 2.75) is 26.7 Å². The van der Waals surface area contributed by atoms with E-state index in [1.807, 2.05) is 43.3 Å². The van der Waals surface area contributed by atoms with Crippen molar-refractivity contribution in [2.24, 2.45) is 11.0 Å². The fourth-order valence-corrected chi connectivity index (χ4v) is 2.48. The fraction of sp³-hybridized carbons (Fsp3) is 0.474. The van der Waals surface area contributed by atoms with Crippen LogP contribution in [0.3, 0.4) is 0 Å². The van der Waals surface area contributed by atoms with Crippen LogP contribution in [0.15, 0.2) is 53.5 Å². The highest BCUT2D eigenvalue weighted by Crippen LogP contribution is 2.31. The standard InChI is InChI=1S/C19H28N4O/c1-4-6-16(2)17(3)15-21-20-9-5-10-22-11-13-23(14-12-22)19(24)18-7-8-18/h4-6,9-10,15,18,21H,1,7-8,11-14H2,2-3H3/b10-5+,16-6+,17-15+,20-9-. The number of hydrogen-bond acceptors (Lipinski definition) is 4. The van der Waals surface area contributed by atoms with Crippen LogP contribution in [0.5, 0.6) is 0 Å². The second-order valence-corrected chi connectivity index (χ2v) is 6.30. The van der Waals surface area contributed by atoms with Crippen LogP contribution >= 0.6 is 0 Å². The lowest BCUT2D eigenvalue weighted by Crippen LogP contribution is -2.47. The third-order valence-corrected chi connectivity index (χ3v) is 4.36. The van der Waals surface area contributed by atoms with Gasteiger partial charge in [0.2, 0.25) is 5.91 Å². The van der Waals surface area contributed by atoms with Gasteiger partial charge in [-0.2, -0.15) is 5.10 Å². The Morgan fingerprint density at radius 1 is 1.17 bits per heavy atom. The summed E-state index contributed by atoms with van der Waals surface area (Å²) in [5, 5.41) is 4.13. The molecule has 1 saturated heterocycles. The average Bonchev–Trinajstić information content (AvgIpc) is 3.43. The number of hydrazone groups is 1. The number of allylic oxidation sites excluding steroid dienone is 5. The number of carbonyl (C=O) groups is 1. The molecule has 0 aromatic rings. The van der Waals surface area contributed by atoms with Crippen LogP contribution in [0, 0.1) is 5.92 Å². The van der Waals surface area contributed by atoms with Crippen LogP contribution in [-0.2, 0) is 4.79 Å². The minimum Gasteiger partial charge on any atom is -0.374 e. The van der Waals surface area contributed by atoms with E-state index in [1.165, 1.54) is 0 Å². The molecule has 1 N–H and O–H groups in total. The zero-order valence-electron chi connectivity index (χ0n) is 14.7. The zero-order valence-corrected chi connectivity index (χ0v) is 14.7. The fourth-order valence-electron chi connectivity index (χ4n) is 2.48. The number of nitrogens with one attached hydrogen (secondary N) is 1. The second kappa shape index (κ2) is 9.11. The highest BCUT2D eigenvalue weighted by molar-refractivity contribution is 5.81. The van der Waals surface area contributed by atoms with Gasteiger partial charge in [0, 0.05) is 50.7 Å². The van der Waals surface area contributed by atoms with Gasteiger partial charge >= 0.3 is 0 Å². The summed E-state index contributed by atoms with van der Waals surface area (Å²) in [6, 6.07) is 0. The molecule has 0 atom stereocenters. The molecule has 0 aromatic heterocycles. The Morgan fingerprint density at radius 2 is 1.88 bits per heavy atom. The molecule has 0 aromatic carbocycles. The molecule has 1 aliphatic heterocycles. The first-order valence-electron chi connectivity index (χ1n) is 8.56. The number of carbonyl (C=O) groups excluding carboxylic acids is 1. The molecular formula is C19H28N4O. The first-order chi connectivity index (χ1) is 11.6. The van der Waals surface area contributed by atoms with Gasteiger partial charge in [-0.05, 0) is 43.9 Å². The Hall–Kier alpha value is -2.30. The molecule has 5 heteroatoms. The van der Waals surface area contributed by atoms with Gasteiger partial charge in [-0.25, -0.2) is 0 Å². The van der Waals surface area contributed by atoms with Gasteiger partial charge in [-0.15, -0.1) is 0 Å². The Balaban J connectivity index is 1.67. The third-order valence-electron chi connectivity index (χ3n) is 4.36. The zero-order chi connectivity index (χ0) is 17.4. The number of amides is 1. The minimum absolute atomic E-state index is 0.326. The molecule has 0 bridgehead atoms. The van der Waals surface area contributed by atoms with Crippen molar-refractivity contribution in [3.8, 4) is 0 Å². The number of nitrogens with zero attached hydrogens (tertiary/aromatic N) is 3. The van der Waals surface area contributed by atoms with E-state index >= 15 is 0 Å². The summed E-state index contributed by atoms with van der Waals surface area (Å²) in [4.78, 5) is 16.2. The Morgan fingerprint density at radius 3 is 2.50 bits per heavy atom. The predicted molar refractivity (Wildman–Crippen MR) is 99.4 cm³/mol. The van der Waals surface area contributed by atoms with E-state index in [4.69, 9.17) is 0 Å². The molecular weight excluding hydrogens is 300 g/mol. The predicted octanol–water partition coefficient (Wildman–Crippen LogP) is 2.67. The molecule has 0 spiro atoms. The van der Waals surface area contributed by atoms with Gasteiger partial charge in [0.05, 0.1) is 0 Å². The van der Waals surface area contributed by atoms with E-state index < -0.39 is 0 Å². The van der Waals surface area contributed by atoms with Crippen molar-refractivity contribution in [3.63, 3.8) is 0 Å². The third kappa shape index (κ3) is 5.72. The summed E-state index contributed by atoms with van der Waals surface area (Å²) in [5.74, 6) is 0.680. The average molecular weight is 328 g/mol. The second-order valence-electron chi connectivity index (χ2n) is 6.30. The summed E-state index contributed by atoms with van der Waals surface area (Å²) in [6.07, 6.45) is 13.4. The lowest BCUT2D eigenvalue weighted by Gasteiger charge is -2.34. The molecule has 5 nitrogen and oxygen atoms in total. The molecule has 2 aliphatic rings. The summed E-state index contributed by atoms with van der Waals surface area (Å²) in [6.45, 7) is 11.2. The van der Waals surface area contributed by atoms with Crippen molar-refractivity contribution < 1.29 is 4.79 Å². The molecule has 0 radical (unpaired) electrons. The SMILES string of the molecule is C=C/C=C(C)/C(C)=C/N/N=C\C=C\N1CCN(C(=O)C2CC2)CC1. The van der Waals surface area contributed by atoms with Crippen molar-refractivity contribution >= 4 is 12.1 Å². The van der Waals surface area contributed by atoms with E-state index in [0.29, 0.717) is 11.8 Å². The molecule has 2 fully saturated rings. The van der Waals surface area contributed by atoms with Crippen molar-refractivity contribution in [3.05, 3.63) is 48.4 Å². The first kappa shape index (κ1) is 18.0. The molecule has 0 unspecified atom stereocenters. The first-order valence-corrected chi connectivity index (χ1v) is 8.56. The van der Waals surface area contributed by atoms with Crippen LogP contribution in [0.25, 0.3) is 0 Å². The van der Waals surface area contributed by atoms with Crippen LogP contribution < -0.4 is 5.43 Å². The van der Waals surface area contributed by atoms with Crippen molar-refractivity contribution in [1.82, 2.24) is 15.2 Å². The van der Waals surface area contributed by atoms with Gasteiger partial charge in [-0.3, -0.25) is 10.2 Å². The summed E-state index contributed by atoms with van der Waals surface area (Å²) in [7, 11) is 0. The molecule has 1 amide bonds. The van der Waals surface area contributed by atoms with Crippen molar-refractivity contribution in [1.29, 1.82) is 0 Å². The van der Waals surface area contributed by atoms with Crippen LogP contribution in [0.1, 0.15) is 26.7 Å². The molecule has 24 heavy (non-hydrogen) atoms. The Bertz CT molecular complexity index is 562. The monoisotopic (exact) mass is 328 g/mol. The highest BCUT2D eigenvalue weighted by Gasteiger charge is 2.34. The van der Waals surface area contributed by atoms with Gasteiger partial charge in [0.25, 0.3) is 0 Å². The molecule has 1 heterocycles. The topological polar surface area (TPSA) is 47.9 Å². The maximum atomic E-state index is 12.0. The molecule has 130 valence electrons. The van der Waals surface area contributed by atoms with Crippen molar-refractivity contribution in [2.75, 3.05) is 26.2 Å². The lowest BCUT2D eigenvalue weighted by atomic mass is 10.1. The van der Waals surface area contributed by atoms with Crippen LogP contribution in [0.4, 0.5) is 0 Å². The van der Waals surface area contributed by atoms with Gasteiger partial charge in [0.1, 0.15) is 0 Å². The normalized spacial score (nSPS) is 20.1. The summed E-state index contributed by atoms with van der Waals surface area (Å²) in [5.41, 5.74) is 5.19. The highest BCUT2D eigenvalue weighted by atomic mass is 16.2.